The lowest BCUT2D eigenvalue weighted by Crippen LogP contribution is -2.12. The fourth-order valence-corrected chi connectivity index (χ4v) is 2.06. The highest BCUT2D eigenvalue weighted by atomic mass is 79.9. The maximum absolute atomic E-state index is 13.0. The lowest BCUT2D eigenvalue weighted by atomic mass is 10.2. The van der Waals surface area contributed by atoms with E-state index in [1.807, 2.05) is 6.07 Å². The van der Waals surface area contributed by atoms with Crippen LogP contribution in [0.4, 0.5) is 10.1 Å². The van der Waals surface area contributed by atoms with Crippen molar-refractivity contribution >= 4 is 39.1 Å². The molecule has 0 unspecified atom stereocenters. The van der Waals surface area contributed by atoms with Gasteiger partial charge in [0.2, 0.25) is 0 Å². The van der Waals surface area contributed by atoms with E-state index >= 15 is 0 Å². The number of nitrogens with one attached hydrogen (secondary N) is 1. The highest BCUT2D eigenvalue weighted by molar-refractivity contribution is 9.10. The van der Waals surface area contributed by atoms with Crippen LogP contribution in [0.5, 0.6) is 0 Å². The third-order valence-corrected chi connectivity index (χ3v) is 3.28. The van der Waals surface area contributed by atoms with Crippen LogP contribution in [0.3, 0.4) is 0 Å². The highest BCUT2D eigenvalue weighted by Crippen LogP contribution is 2.21. The monoisotopic (exact) mass is 327 g/mol. The van der Waals surface area contributed by atoms with Crippen molar-refractivity contribution in [2.45, 2.75) is 0 Å². The van der Waals surface area contributed by atoms with Gasteiger partial charge in [-0.15, -0.1) is 0 Å². The summed E-state index contributed by atoms with van der Waals surface area (Å²) in [4.78, 5) is 12.0. The average Bonchev–Trinajstić information content (AvgIpc) is 2.34. The zero-order valence-electron chi connectivity index (χ0n) is 9.08. The van der Waals surface area contributed by atoms with E-state index in [0.29, 0.717) is 15.7 Å². The van der Waals surface area contributed by atoms with E-state index in [-0.39, 0.29) is 10.9 Å². The number of anilines is 1. The SMILES string of the molecule is O=C(Nc1ccc(F)c(Cl)c1)c1ccccc1Br. The molecule has 0 saturated heterocycles. The number of carbonyl (C=O) groups is 1. The van der Waals surface area contributed by atoms with Gasteiger partial charge in [0.25, 0.3) is 5.91 Å². The van der Waals surface area contributed by atoms with Gasteiger partial charge in [-0.3, -0.25) is 4.79 Å². The highest BCUT2D eigenvalue weighted by Gasteiger charge is 2.10. The third kappa shape index (κ3) is 2.89. The molecule has 2 nitrogen and oxygen atoms in total. The Bertz CT molecular complexity index is 603. The molecule has 5 heteroatoms. The molecule has 0 aliphatic carbocycles. The summed E-state index contributed by atoms with van der Waals surface area (Å²) in [5.41, 5.74) is 0.945. The molecule has 0 aromatic heterocycles. The Hall–Kier alpha value is -1.39. The first-order valence-electron chi connectivity index (χ1n) is 5.09. The molecule has 2 rings (SSSR count). The molecule has 2 aromatic carbocycles. The van der Waals surface area contributed by atoms with Crippen LogP contribution in [0.2, 0.25) is 5.02 Å². The van der Waals surface area contributed by atoms with Gasteiger partial charge in [-0.05, 0) is 46.3 Å². The van der Waals surface area contributed by atoms with Crippen molar-refractivity contribution < 1.29 is 9.18 Å². The summed E-state index contributed by atoms with van der Waals surface area (Å²) in [7, 11) is 0. The van der Waals surface area contributed by atoms with Crippen molar-refractivity contribution in [3.05, 3.63) is 63.3 Å². The van der Waals surface area contributed by atoms with Gasteiger partial charge in [0, 0.05) is 10.2 Å². The van der Waals surface area contributed by atoms with Crippen LogP contribution >= 0.6 is 27.5 Å². The van der Waals surface area contributed by atoms with E-state index in [9.17, 15) is 9.18 Å². The third-order valence-electron chi connectivity index (χ3n) is 2.30. The van der Waals surface area contributed by atoms with Crippen LogP contribution in [-0.2, 0) is 0 Å². The Labute approximate surface area is 117 Å². The molecular formula is C13H8BrClFNO. The van der Waals surface area contributed by atoms with Crippen molar-refractivity contribution in [1.82, 2.24) is 0 Å². The van der Waals surface area contributed by atoms with Crippen LogP contribution < -0.4 is 5.32 Å². The molecule has 0 saturated carbocycles. The van der Waals surface area contributed by atoms with E-state index in [4.69, 9.17) is 11.6 Å². The largest absolute Gasteiger partial charge is 0.322 e. The Balaban J connectivity index is 2.22. The minimum absolute atomic E-state index is 0.0278. The number of amides is 1. The van der Waals surface area contributed by atoms with Crippen molar-refractivity contribution in [2.24, 2.45) is 0 Å². The van der Waals surface area contributed by atoms with Crippen molar-refractivity contribution in [3.63, 3.8) is 0 Å². The number of halogens is 3. The number of carbonyl (C=O) groups excluding carboxylic acids is 1. The quantitative estimate of drug-likeness (QED) is 0.864. The molecular weight excluding hydrogens is 321 g/mol. The van der Waals surface area contributed by atoms with E-state index in [1.54, 1.807) is 18.2 Å². The first-order chi connectivity index (χ1) is 8.58. The maximum atomic E-state index is 13.0. The van der Waals surface area contributed by atoms with Gasteiger partial charge in [-0.1, -0.05) is 23.7 Å². The predicted octanol–water partition coefficient (Wildman–Crippen LogP) is 4.49. The lowest BCUT2D eigenvalue weighted by molar-refractivity contribution is 0.102. The normalized spacial score (nSPS) is 10.2. The van der Waals surface area contributed by atoms with Gasteiger partial charge in [0.15, 0.2) is 0 Å². The molecule has 0 heterocycles. The molecule has 92 valence electrons. The van der Waals surface area contributed by atoms with Crippen LogP contribution in [0.25, 0.3) is 0 Å². The summed E-state index contributed by atoms with van der Waals surface area (Å²) in [6, 6.07) is 11.1. The Morgan fingerprint density at radius 3 is 2.61 bits per heavy atom. The Morgan fingerprint density at radius 2 is 1.94 bits per heavy atom. The summed E-state index contributed by atoms with van der Waals surface area (Å²) >= 11 is 8.93. The summed E-state index contributed by atoms with van der Waals surface area (Å²) in [6.07, 6.45) is 0. The topological polar surface area (TPSA) is 29.1 Å². The number of rotatable bonds is 2. The van der Waals surface area contributed by atoms with E-state index in [2.05, 4.69) is 21.2 Å². The second-order valence-electron chi connectivity index (χ2n) is 3.56. The first kappa shape index (κ1) is 13.1. The fraction of sp³-hybridized carbons (Fsp3) is 0. The summed E-state index contributed by atoms with van der Waals surface area (Å²) in [5.74, 6) is -0.805. The van der Waals surface area contributed by atoms with Crippen molar-refractivity contribution in [3.8, 4) is 0 Å². The zero-order valence-corrected chi connectivity index (χ0v) is 11.4. The lowest BCUT2D eigenvalue weighted by Gasteiger charge is -2.07. The van der Waals surface area contributed by atoms with E-state index in [0.717, 1.165) is 0 Å². The minimum Gasteiger partial charge on any atom is -0.322 e. The molecule has 0 spiro atoms. The smallest absolute Gasteiger partial charge is 0.256 e. The maximum Gasteiger partial charge on any atom is 0.256 e. The van der Waals surface area contributed by atoms with Gasteiger partial charge < -0.3 is 5.32 Å². The average molecular weight is 329 g/mol. The second kappa shape index (κ2) is 5.50. The first-order valence-corrected chi connectivity index (χ1v) is 6.26. The molecule has 1 amide bonds. The zero-order chi connectivity index (χ0) is 13.1. The molecule has 0 atom stereocenters. The van der Waals surface area contributed by atoms with Crippen LogP contribution in [0, 0.1) is 5.82 Å². The fourth-order valence-electron chi connectivity index (χ4n) is 1.42. The van der Waals surface area contributed by atoms with Crippen molar-refractivity contribution in [1.29, 1.82) is 0 Å². The Morgan fingerprint density at radius 1 is 1.22 bits per heavy atom. The van der Waals surface area contributed by atoms with E-state index < -0.39 is 5.82 Å². The van der Waals surface area contributed by atoms with Gasteiger partial charge in [0.05, 0.1) is 10.6 Å². The summed E-state index contributed by atoms with van der Waals surface area (Å²) < 4.78 is 13.7. The minimum atomic E-state index is -0.518. The van der Waals surface area contributed by atoms with Crippen molar-refractivity contribution in [2.75, 3.05) is 5.32 Å². The molecule has 18 heavy (non-hydrogen) atoms. The van der Waals surface area contributed by atoms with Gasteiger partial charge in [-0.25, -0.2) is 4.39 Å². The molecule has 1 N–H and O–H groups in total. The molecule has 0 aliphatic rings. The van der Waals surface area contributed by atoms with Crippen LogP contribution in [0.15, 0.2) is 46.9 Å². The molecule has 0 fully saturated rings. The molecule has 0 aliphatic heterocycles. The number of hydrogen-bond acceptors (Lipinski definition) is 1. The number of benzene rings is 2. The summed E-state index contributed by atoms with van der Waals surface area (Å²) in [6.45, 7) is 0. The van der Waals surface area contributed by atoms with Crippen LogP contribution in [0.1, 0.15) is 10.4 Å². The van der Waals surface area contributed by atoms with Crippen LogP contribution in [-0.4, -0.2) is 5.91 Å². The van der Waals surface area contributed by atoms with Gasteiger partial charge in [0.1, 0.15) is 5.82 Å². The standard InChI is InChI=1S/C13H8BrClFNO/c14-10-4-2-1-3-9(10)13(18)17-8-5-6-12(16)11(15)7-8/h1-7H,(H,17,18). The van der Waals surface area contributed by atoms with E-state index in [1.165, 1.54) is 18.2 Å². The predicted molar refractivity (Wildman–Crippen MR) is 73.5 cm³/mol. The summed E-state index contributed by atoms with van der Waals surface area (Å²) in [5, 5.41) is 2.62. The molecule has 2 aromatic rings. The van der Waals surface area contributed by atoms with Gasteiger partial charge in [-0.2, -0.15) is 0 Å². The molecule has 0 bridgehead atoms. The molecule has 0 radical (unpaired) electrons. The van der Waals surface area contributed by atoms with Gasteiger partial charge >= 0.3 is 0 Å². The number of hydrogen-bond donors (Lipinski definition) is 1. The second-order valence-corrected chi connectivity index (χ2v) is 4.82. The Kier molecular flexibility index (Phi) is 3.99.